The minimum Gasteiger partial charge on any atom is -0.338 e. The number of carbonyl (C=O) groups excluding carboxylic acids is 1. The van der Waals surface area contributed by atoms with E-state index in [1.165, 1.54) is 0 Å². The van der Waals surface area contributed by atoms with Gasteiger partial charge in [-0.2, -0.15) is 0 Å². The minimum atomic E-state index is -0.000937. The van der Waals surface area contributed by atoms with Crippen molar-refractivity contribution in [3.63, 3.8) is 0 Å². The quantitative estimate of drug-likeness (QED) is 0.338. The van der Waals surface area contributed by atoms with E-state index in [2.05, 4.69) is 15.1 Å². The Morgan fingerprint density at radius 3 is 2.29 bits per heavy atom. The Kier molecular flexibility index (Phi) is 5.51. The van der Waals surface area contributed by atoms with E-state index in [0.29, 0.717) is 47.6 Å². The molecule has 1 fully saturated rings. The van der Waals surface area contributed by atoms with Crippen LogP contribution in [-0.2, 0) is 0 Å². The van der Waals surface area contributed by atoms with E-state index in [1.807, 2.05) is 57.8 Å². The molecule has 174 valence electrons. The lowest BCUT2D eigenvalue weighted by Crippen LogP contribution is -2.49. The molecule has 5 aromatic rings. The van der Waals surface area contributed by atoms with Crippen LogP contribution in [0.1, 0.15) is 10.4 Å². The summed E-state index contributed by atoms with van der Waals surface area (Å²) in [5.41, 5.74) is 2.98. The van der Waals surface area contributed by atoms with E-state index in [1.54, 1.807) is 24.3 Å². The van der Waals surface area contributed by atoms with Crippen LogP contribution in [0.4, 0.5) is 5.95 Å². The fourth-order valence-corrected chi connectivity index (χ4v) is 4.83. The molecule has 1 saturated heterocycles. The molecule has 3 heterocycles. The number of carbonyl (C=O) groups is 1. The smallest absolute Gasteiger partial charge is 0.253 e. The number of aromatic nitrogens is 4. The van der Waals surface area contributed by atoms with Crippen LogP contribution >= 0.6 is 23.2 Å². The highest BCUT2D eigenvalue weighted by Gasteiger charge is 2.26. The van der Waals surface area contributed by atoms with Crippen molar-refractivity contribution in [2.24, 2.45) is 0 Å². The highest BCUT2D eigenvalue weighted by atomic mass is 35.5. The van der Waals surface area contributed by atoms with Crippen molar-refractivity contribution in [3.05, 3.63) is 88.4 Å². The summed E-state index contributed by atoms with van der Waals surface area (Å²) >= 11 is 12.5. The zero-order valence-electron chi connectivity index (χ0n) is 18.6. The van der Waals surface area contributed by atoms with Crippen LogP contribution in [0.5, 0.6) is 0 Å². The van der Waals surface area contributed by atoms with Crippen LogP contribution in [-0.4, -0.2) is 56.6 Å². The van der Waals surface area contributed by atoms with Crippen molar-refractivity contribution in [1.82, 2.24) is 24.5 Å². The summed E-state index contributed by atoms with van der Waals surface area (Å²) in [5.74, 6) is 1.37. The van der Waals surface area contributed by atoms with E-state index in [-0.39, 0.29) is 5.91 Å². The summed E-state index contributed by atoms with van der Waals surface area (Å²) in [7, 11) is 0. The monoisotopic (exact) mass is 502 g/mol. The number of rotatable bonds is 3. The van der Waals surface area contributed by atoms with Gasteiger partial charge in [0.25, 0.3) is 5.91 Å². The number of hydrogen-bond donors (Lipinski definition) is 0. The molecule has 9 heteroatoms. The minimum absolute atomic E-state index is 0.000937. The summed E-state index contributed by atoms with van der Waals surface area (Å²) in [6.45, 7) is 2.39. The first kappa shape index (κ1) is 21.8. The summed E-state index contributed by atoms with van der Waals surface area (Å²) in [6.07, 6.45) is 0. The first-order valence-corrected chi connectivity index (χ1v) is 12.0. The number of amides is 1. The summed E-state index contributed by atoms with van der Waals surface area (Å²) in [6, 6.07) is 22.5. The Labute approximate surface area is 211 Å². The molecular weight excluding hydrogens is 483 g/mol. The second kappa shape index (κ2) is 8.83. The van der Waals surface area contributed by atoms with Crippen LogP contribution in [0.3, 0.4) is 0 Å². The lowest BCUT2D eigenvalue weighted by Gasteiger charge is -2.35. The van der Waals surface area contributed by atoms with Crippen LogP contribution in [0.2, 0.25) is 10.0 Å². The summed E-state index contributed by atoms with van der Waals surface area (Å²) in [5, 5.41) is 11.2. The number of hydrogen-bond acceptors (Lipinski definition) is 5. The maximum absolute atomic E-state index is 13.0. The molecule has 1 aliphatic heterocycles. The zero-order chi connectivity index (χ0) is 23.9. The topological polar surface area (TPSA) is 66.6 Å². The van der Waals surface area contributed by atoms with Gasteiger partial charge in [-0.25, -0.2) is 9.38 Å². The Balaban J connectivity index is 1.39. The molecule has 0 spiro atoms. The van der Waals surface area contributed by atoms with Gasteiger partial charge in [0.2, 0.25) is 5.95 Å². The number of piperazine rings is 1. The van der Waals surface area contributed by atoms with E-state index in [0.717, 1.165) is 28.1 Å². The molecule has 0 saturated carbocycles. The van der Waals surface area contributed by atoms with Crippen LogP contribution in [0, 0.1) is 0 Å². The van der Waals surface area contributed by atoms with Gasteiger partial charge in [0, 0.05) is 47.7 Å². The highest BCUT2D eigenvalue weighted by Crippen LogP contribution is 2.32. The zero-order valence-corrected chi connectivity index (χ0v) is 20.1. The van der Waals surface area contributed by atoms with Gasteiger partial charge in [-0.1, -0.05) is 47.5 Å². The number of benzene rings is 3. The lowest BCUT2D eigenvalue weighted by molar-refractivity contribution is 0.0746. The molecule has 6 rings (SSSR count). The van der Waals surface area contributed by atoms with Gasteiger partial charge in [0.05, 0.1) is 10.5 Å². The number of anilines is 1. The van der Waals surface area contributed by atoms with Crippen molar-refractivity contribution in [2.75, 3.05) is 31.1 Å². The summed E-state index contributed by atoms with van der Waals surface area (Å²) < 4.78 is 1.97. The first-order chi connectivity index (χ1) is 17.1. The predicted molar refractivity (Wildman–Crippen MR) is 138 cm³/mol. The second-order valence-electron chi connectivity index (χ2n) is 8.38. The van der Waals surface area contributed by atoms with Crippen molar-refractivity contribution < 1.29 is 4.79 Å². The predicted octanol–water partition coefficient (Wildman–Crippen LogP) is 5.21. The van der Waals surface area contributed by atoms with Crippen LogP contribution in [0.25, 0.3) is 27.9 Å². The Bertz CT molecular complexity index is 1560. The molecule has 0 N–H and O–H groups in total. The molecule has 1 aliphatic rings. The molecule has 0 unspecified atom stereocenters. The van der Waals surface area contributed by atoms with Crippen LogP contribution < -0.4 is 4.90 Å². The Morgan fingerprint density at radius 2 is 1.51 bits per heavy atom. The fraction of sp³-hybridized carbons (Fsp3) is 0.154. The SMILES string of the molecule is O=C(c1ccc(Cl)cc1)N1CCN(c2nc3ccccc3c3nnc(-c4ccccc4Cl)n23)CC1. The molecular formula is C26H20Cl2N6O. The second-order valence-corrected chi connectivity index (χ2v) is 9.22. The fourth-order valence-electron chi connectivity index (χ4n) is 4.48. The molecule has 7 nitrogen and oxygen atoms in total. The molecule has 0 radical (unpaired) electrons. The normalized spacial score (nSPS) is 14.1. The third-order valence-electron chi connectivity index (χ3n) is 6.28. The van der Waals surface area contributed by atoms with Crippen molar-refractivity contribution in [3.8, 4) is 11.4 Å². The van der Waals surface area contributed by atoms with Gasteiger partial charge >= 0.3 is 0 Å². The van der Waals surface area contributed by atoms with Crippen LogP contribution in [0.15, 0.2) is 72.8 Å². The number of nitrogens with zero attached hydrogens (tertiary/aromatic N) is 6. The van der Waals surface area contributed by atoms with Crippen molar-refractivity contribution in [1.29, 1.82) is 0 Å². The third-order valence-corrected chi connectivity index (χ3v) is 6.87. The van der Waals surface area contributed by atoms with Gasteiger partial charge in [-0.3, -0.25) is 4.79 Å². The highest BCUT2D eigenvalue weighted by molar-refractivity contribution is 6.33. The molecule has 0 aliphatic carbocycles. The van der Waals surface area contributed by atoms with Gasteiger partial charge in [-0.15, -0.1) is 10.2 Å². The average Bonchev–Trinajstić information content (AvgIpc) is 3.34. The number of halogens is 2. The lowest BCUT2D eigenvalue weighted by atomic mass is 10.2. The maximum atomic E-state index is 13.0. The molecule has 35 heavy (non-hydrogen) atoms. The Hall–Kier alpha value is -3.68. The van der Waals surface area contributed by atoms with E-state index < -0.39 is 0 Å². The standard InChI is InChI=1S/C26H20Cl2N6O/c27-18-11-9-17(10-12-18)25(35)32-13-15-33(16-14-32)26-29-22-8-4-2-6-20(22)24-31-30-23(34(24)26)19-5-1-3-7-21(19)28/h1-12H,13-16H2. The Morgan fingerprint density at radius 1 is 0.800 bits per heavy atom. The maximum Gasteiger partial charge on any atom is 0.253 e. The third kappa shape index (κ3) is 3.87. The first-order valence-electron chi connectivity index (χ1n) is 11.3. The molecule has 3 aromatic carbocycles. The van der Waals surface area contributed by atoms with E-state index in [9.17, 15) is 4.79 Å². The van der Waals surface area contributed by atoms with Gasteiger partial charge in [0.1, 0.15) is 0 Å². The van der Waals surface area contributed by atoms with Gasteiger partial charge in [-0.05, 0) is 48.5 Å². The number of fused-ring (bicyclic) bond motifs is 3. The molecule has 2 aromatic heterocycles. The van der Waals surface area contributed by atoms with Gasteiger partial charge in [0.15, 0.2) is 11.5 Å². The molecule has 0 bridgehead atoms. The number of para-hydroxylation sites is 1. The van der Waals surface area contributed by atoms with Crippen molar-refractivity contribution >= 4 is 51.6 Å². The van der Waals surface area contributed by atoms with E-state index >= 15 is 0 Å². The molecule has 1 amide bonds. The van der Waals surface area contributed by atoms with Gasteiger partial charge < -0.3 is 9.80 Å². The molecule has 0 atom stereocenters. The van der Waals surface area contributed by atoms with E-state index in [4.69, 9.17) is 28.2 Å². The average molecular weight is 503 g/mol. The largest absolute Gasteiger partial charge is 0.338 e. The summed E-state index contributed by atoms with van der Waals surface area (Å²) in [4.78, 5) is 22.0. The van der Waals surface area contributed by atoms with Crippen molar-refractivity contribution in [2.45, 2.75) is 0 Å².